The first kappa shape index (κ1) is 18.4. The van der Waals surface area contributed by atoms with Crippen LogP contribution in [0, 0.1) is 5.92 Å². The van der Waals surface area contributed by atoms with Crippen molar-refractivity contribution in [3.8, 4) is 5.88 Å². The number of carbonyl (C=O) groups excluding carboxylic acids is 1. The zero-order valence-corrected chi connectivity index (χ0v) is 16.8. The number of fused-ring (bicyclic) bond motifs is 1. The fraction of sp³-hybridized carbons (Fsp3) is 0.526. The van der Waals surface area contributed by atoms with E-state index < -0.39 is 5.60 Å². The molecule has 2 N–H and O–H groups in total. The van der Waals surface area contributed by atoms with Crippen LogP contribution in [-0.4, -0.2) is 38.5 Å². The summed E-state index contributed by atoms with van der Waals surface area (Å²) in [6.07, 6.45) is 2.08. The van der Waals surface area contributed by atoms with Crippen molar-refractivity contribution < 1.29 is 14.6 Å². The first-order valence-electron chi connectivity index (χ1n) is 9.11. The van der Waals surface area contributed by atoms with E-state index in [4.69, 9.17) is 4.74 Å². The van der Waals surface area contributed by atoms with Crippen molar-refractivity contribution in [1.29, 1.82) is 0 Å². The lowest BCUT2D eigenvalue weighted by atomic mass is 9.77. The van der Waals surface area contributed by atoms with Gasteiger partial charge in [-0.25, -0.2) is 4.68 Å². The van der Waals surface area contributed by atoms with E-state index in [-0.39, 0.29) is 30.2 Å². The largest absolute Gasteiger partial charge is 0.473 e. The molecule has 2 aromatic rings. The van der Waals surface area contributed by atoms with Gasteiger partial charge in [-0.3, -0.25) is 9.59 Å². The summed E-state index contributed by atoms with van der Waals surface area (Å²) in [6, 6.07) is 5.24. The first-order valence-corrected chi connectivity index (χ1v) is 9.90. The van der Waals surface area contributed by atoms with Gasteiger partial charge in [-0.1, -0.05) is 22.9 Å². The van der Waals surface area contributed by atoms with Crippen LogP contribution < -0.4 is 15.6 Å². The fourth-order valence-electron chi connectivity index (χ4n) is 3.53. The summed E-state index contributed by atoms with van der Waals surface area (Å²) in [5, 5.41) is 18.1. The molecule has 0 bridgehead atoms. The van der Waals surface area contributed by atoms with Crippen LogP contribution in [0.15, 0.2) is 27.5 Å². The van der Waals surface area contributed by atoms with Gasteiger partial charge in [0.2, 0.25) is 11.8 Å². The number of aliphatic hydroxyl groups is 1. The molecule has 144 valence electrons. The Morgan fingerprint density at radius 2 is 2.15 bits per heavy atom. The van der Waals surface area contributed by atoms with E-state index in [1.54, 1.807) is 19.1 Å². The first-order chi connectivity index (χ1) is 12.7. The molecule has 0 saturated heterocycles. The Kier molecular flexibility index (Phi) is 4.50. The second kappa shape index (κ2) is 6.60. The van der Waals surface area contributed by atoms with Gasteiger partial charge in [0.25, 0.3) is 5.56 Å². The van der Waals surface area contributed by atoms with Crippen LogP contribution in [0.25, 0.3) is 10.8 Å². The Labute approximate surface area is 164 Å². The van der Waals surface area contributed by atoms with Gasteiger partial charge in [-0.15, -0.1) is 5.10 Å². The lowest BCUT2D eigenvalue weighted by Crippen LogP contribution is -2.54. The molecule has 0 unspecified atom stereocenters. The van der Waals surface area contributed by atoms with Crippen molar-refractivity contribution in [3.05, 3.63) is 33.0 Å². The molecule has 4 rings (SSSR count). The monoisotopic (exact) mass is 435 g/mol. The Hall–Kier alpha value is -1.93. The number of amides is 1. The number of hydrogen-bond donors (Lipinski definition) is 2. The normalized spacial score (nSPS) is 29.3. The topological polar surface area (TPSA) is 93.5 Å². The predicted octanol–water partition coefficient (Wildman–Crippen LogP) is 1.98. The van der Waals surface area contributed by atoms with Crippen molar-refractivity contribution in [2.45, 2.75) is 57.4 Å². The molecular weight excluding hydrogens is 414 g/mol. The number of benzene rings is 1. The number of ether oxygens (including phenoxy) is 1. The molecule has 2 fully saturated rings. The highest BCUT2D eigenvalue weighted by Crippen LogP contribution is 2.35. The molecule has 27 heavy (non-hydrogen) atoms. The maximum atomic E-state index is 12.8. The molecule has 2 atom stereocenters. The van der Waals surface area contributed by atoms with E-state index in [1.165, 1.54) is 0 Å². The number of aromatic nitrogens is 2. The highest BCUT2D eigenvalue weighted by molar-refractivity contribution is 9.10. The van der Waals surface area contributed by atoms with Crippen LogP contribution in [0.5, 0.6) is 5.88 Å². The van der Waals surface area contributed by atoms with Crippen LogP contribution in [0.1, 0.15) is 33.1 Å². The van der Waals surface area contributed by atoms with Gasteiger partial charge in [0.1, 0.15) is 12.6 Å². The van der Waals surface area contributed by atoms with Gasteiger partial charge in [-0.05, 0) is 50.3 Å². The Morgan fingerprint density at radius 1 is 1.44 bits per heavy atom. The van der Waals surface area contributed by atoms with Gasteiger partial charge in [0.15, 0.2) is 0 Å². The summed E-state index contributed by atoms with van der Waals surface area (Å²) < 4.78 is 7.96. The van der Waals surface area contributed by atoms with Crippen molar-refractivity contribution in [3.63, 3.8) is 0 Å². The standard InChI is InChI=1S/C19H22BrN3O4/c1-10-5-15(10)27-17-14-6-11(20)3-4-13(14)18(25)23(22-17)9-16(24)21-12-7-19(2,26)8-12/h3-4,6,10,12,15,26H,5,7-9H2,1-2H3,(H,21,24)/t10-,12?,15-,19?/m0/s1. The highest BCUT2D eigenvalue weighted by atomic mass is 79.9. The minimum atomic E-state index is -0.717. The fourth-order valence-corrected chi connectivity index (χ4v) is 3.89. The van der Waals surface area contributed by atoms with Gasteiger partial charge in [0, 0.05) is 10.5 Å². The second-order valence-corrected chi connectivity index (χ2v) is 8.91. The molecule has 1 aromatic carbocycles. The van der Waals surface area contributed by atoms with Gasteiger partial charge in [-0.2, -0.15) is 0 Å². The van der Waals surface area contributed by atoms with Crippen LogP contribution in [0.2, 0.25) is 0 Å². The average Bonchev–Trinajstić information content (AvgIpc) is 3.25. The molecule has 1 aromatic heterocycles. The minimum absolute atomic E-state index is 0.0670. The quantitative estimate of drug-likeness (QED) is 0.748. The van der Waals surface area contributed by atoms with Crippen LogP contribution >= 0.6 is 15.9 Å². The SMILES string of the molecule is C[C@H]1C[C@@H]1Oc1nn(CC(=O)NC2CC(C)(O)C2)c(=O)c2ccc(Br)cc12. The molecule has 1 heterocycles. The summed E-state index contributed by atoms with van der Waals surface area (Å²) in [7, 11) is 0. The molecule has 8 heteroatoms. The predicted molar refractivity (Wildman–Crippen MR) is 104 cm³/mol. The van der Waals surface area contributed by atoms with Crippen LogP contribution in [0.4, 0.5) is 0 Å². The van der Waals surface area contributed by atoms with Crippen molar-refractivity contribution in [2.24, 2.45) is 5.92 Å². The van der Waals surface area contributed by atoms with E-state index in [0.717, 1.165) is 15.6 Å². The third-order valence-electron chi connectivity index (χ3n) is 5.22. The maximum Gasteiger partial charge on any atom is 0.275 e. The third-order valence-corrected chi connectivity index (χ3v) is 5.71. The lowest BCUT2D eigenvalue weighted by molar-refractivity contribution is -0.125. The zero-order valence-electron chi connectivity index (χ0n) is 15.2. The summed E-state index contributed by atoms with van der Waals surface area (Å²) in [5.74, 6) is 0.538. The van der Waals surface area contributed by atoms with Gasteiger partial charge in [0.05, 0.1) is 16.4 Å². The van der Waals surface area contributed by atoms with E-state index in [2.05, 4.69) is 33.3 Å². The third kappa shape index (κ3) is 3.87. The molecule has 2 aliphatic rings. The molecule has 0 aliphatic heterocycles. The zero-order chi connectivity index (χ0) is 19.3. The van der Waals surface area contributed by atoms with Crippen LogP contribution in [-0.2, 0) is 11.3 Å². The molecule has 2 aliphatic carbocycles. The number of nitrogens with one attached hydrogen (secondary N) is 1. The van der Waals surface area contributed by atoms with E-state index in [9.17, 15) is 14.7 Å². The molecule has 0 radical (unpaired) electrons. The summed E-state index contributed by atoms with van der Waals surface area (Å²) in [6.45, 7) is 3.66. The number of carbonyl (C=O) groups is 1. The number of rotatable bonds is 5. The van der Waals surface area contributed by atoms with E-state index in [0.29, 0.717) is 35.4 Å². The lowest BCUT2D eigenvalue weighted by Gasteiger charge is -2.41. The maximum absolute atomic E-state index is 12.8. The average molecular weight is 436 g/mol. The molecule has 0 spiro atoms. The molecule has 2 saturated carbocycles. The molecule has 7 nitrogen and oxygen atoms in total. The second-order valence-electron chi connectivity index (χ2n) is 8.00. The van der Waals surface area contributed by atoms with Crippen molar-refractivity contribution in [2.75, 3.05) is 0 Å². The van der Waals surface area contributed by atoms with Gasteiger partial charge < -0.3 is 15.2 Å². The number of halogens is 1. The Morgan fingerprint density at radius 3 is 2.78 bits per heavy atom. The smallest absolute Gasteiger partial charge is 0.275 e. The minimum Gasteiger partial charge on any atom is -0.473 e. The number of nitrogens with zero attached hydrogens (tertiary/aromatic N) is 2. The van der Waals surface area contributed by atoms with E-state index in [1.807, 2.05) is 6.07 Å². The van der Waals surface area contributed by atoms with Crippen LogP contribution in [0.3, 0.4) is 0 Å². The Balaban J connectivity index is 1.60. The molecule has 1 amide bonds. The number of hydrogen-bond acceptors (Lipinski definition) is 5. The Bertz CT molecular complexity index is 963. The molecular formula is C19H22BrN3O4. The summed E-state index contributed by atoms with van der Waals surface area (Å²) in [5.41, 5.74) is -1.05. The highest BCUT2D eigenvalue weighted by Gasteiger charge is 2.39. The van der Waals surface area contributed by atoms with E-state index >= 15 is 0 Å². The van der Waals surface area contributed by atoms with Crippen molar-refractivity contribution in [1.82, 2.24) is 15.1 Å². The summed E-state index contributed by atoms with van der Waals surface area (Å²) >= 11 is 3.42. The van der Waals surface area contributed by atoms with Gasteiger partial charge >= 0.3 is 0 Å². The van der Waals surface area contributed by atoms with Crippen molar-refractivity contribution >= 4 is 32.6 Å². The summed E-state index contributed by atoms with van der Waals surface area (Å²) in [4.78, 5) is 25.1.